The number of halogens is 1. The van der Waals surface area contributed by atoms with Crippen molar-refractivity contribution >= 4 is 29.1 Å². The second kappa shape index (κ2) is 8.45. The summed E-state index contributed by atoms with van der Waals surface area (Å²) in [4.78, 5) is 31.2. The summed E-state index contributed by atoms with van der Waals surface area (Å²) in [7, 11) is 0. The third-order valence-electron chi connectivity index (χ3n) is 4.98. The molecule has 0 radical (unpaired) electrons. The summed E-state index contributed by atoms with van der Waals surface area (Å²) in [5.74, 6) is -0.500. The molecule has 0 spiro atoms. The van der Waals surface area contributed by atoms with Crippen LogP contribution in [0.25, 0.3) is 11.3 Å². The standard InChI is InChI=1S/C21H20ClN5O2/c22-16-3-5-17(6-4-16)24-20(28)15-2-1-11-27(13-15)21(29)19-12-18(25-26-19)14-7-9-23-10-8-14/h3-10,12,15H,1-2,11,13H2,(H,24,28)(H,25,26). The predicted octanol–water partition coefficient (Wildman–Crippen LogP) is 3.62. The molecule has 0 bridgehead atoms. The van der Waals surface area contributed by atoms with Crippen LogP contribution in [0, 0.1) is 5.92 Å². The largest absolute Gasteiger partial charge is 0.337 e. The summed E-state index contributed by atoms with van der Waals surface area (Å²) in [5.41, 5.74) is 2.67. The van der Waals surface area contributed by atoms with Crippen molar-refractivity contribution in [3.63, 3.8) is 0 Å². The van der Waals surface area contributed by atoms with E-state index >= 15 is 0 Å². The van der Waals surface area contributed by atoms with Crippen LogP contribution in [0.2, 0.25) is 5.02 Å². The second-order valence-corrected chi connectivity index (χ2v) is 7.43. The highest BCUT2D eigenvalue weighted by Crippen LogP contribution is 2.22. The van der Waals surface area contributed by atoms with Crippen LogP contribution in [0.4, 0.5) is 5.69 Å². The highest BCUT2D eigenvalue weighted by molar-refractivity contribution is 6.30. The zero-order valence-corrected chi connectivity index (χ0v) is 16.4. The maximum atomic E-state index is 12.9. The molecule has 1 unspecified atom stereocenters. The first kappa shape index (κ1) is 19.1. The van der Waals surface area contributed by atoms with Gasteiger partial charge in [0.05, 0.1) is 11.6 Å². The number of hydrogen-bond acceptors (Lipinski definition) is 4. The Morgan fingerprint density at radius 3 is 2.66 bits per heavy atom. The molecule has 0 saturated carbocycles. The van der Waals surface area contributed by atoms with E-state index in [1.807, 2.05) is 12.1 Å². The van der Waals surface area contributed by atoms with Gasteiger partial charge < -0.3 is 10.2 Å². The van der Waals surface area contributed by atoms with E-state index in [-0.39, 0.29) is 17.7 Å². The topological polar surface area (TPSA) is 91.0 Å². The third-order valence-corrected chi connectivity index (χ3v) is 5.23. The lowest BCUT2D eigenvalue weighted by Crippen LogP contribution is -2.43. The van der Waals surface area contributed by atoms with Gasteiger partial charge in [-0.25, -0.2) is 0 Å². The molecule has 1 atom stereocenters. The van der Waals surface area contributed by atoms with Crippen molar-refractivity contribution in [3.8, 4) is 11.3 Å². The van der Waals surface area contributed by atoms with Gasteiger partial charge in [0.15, 0.2) is 0 Å². The molecule has 1 saturated heterocycles. The number of aromatic nitrogens is 3. The van der Waals surface area contributed by atoms with Crippen molar-refractivity contribution < 1.29 is 9.59 Å². The molecular weight excluding hydrogens is 390 g/mol. The fraction of sp³-hybridized carbons (Fsp3) is 0.238. The Labute approximate surface area is 173 Å². The number of anilines is 1. The fourth-order valence-corrected chi connectivity index (χ4v) is 3.55. The number of carbonyl (C=O) groups excluding carboxylic acids is 2. The van der Waals surface area contributed by atoms with Crippen LogP contribution in [-0.2, 0) is 4.79 Å². The monoisotopic (exact) mass is 409 g/mol. The van der Waals surface area contributed by atoms with E-state index in [0.29, 0.717) is 35.2 Å². The summed E-state index contributed by atoms with van der Waals surface area (Å²) < 4.78 is 0. The molecule has 148 valence electrons. The Morgan fingerprint density at radius 2 is 1.90 bits per heavy atom. The van der Waals surface area contributed by atoms with Crippen LogP contribution in [0.5, 0.6) is 0 Å². The predicted molar refractivity (Wildman–Crippen MR) is 111 cm³/mol. The van der Waals surface area contributed by atoms with Crippen molar-refractivity contribution in [3.05, 3.63) is 65.6 Å². The zero-order valence-electron chi connectivity index (χ0n) is 15.6. The number of rotatable bonds is 4. The van der Waals surface area contributed by atoms with Crippen molar-refractivity contribution in [2.45, 2.75) is 12.8 Å². The van der Waals surface area contributed by atoms with Crippen LogP contribution in [0.15, 0.2) is 54.9 Å². The van der Waals surface area contributed by atoms with Crippen LogP contribution in [-0.4, -0.2) is 45.0 Å². The number of amides is 2. The molecule has 2 aromatic heterocycles. The highest BCUT2D eigenvalue weighted by Gasteiger charge is 2.29. The first-order chi connectivity index (χ1) is 14.1. The number of benzene rings is 1. The molecular formula is C21H20ClN5O2. The van der Waals surface area contributed by atoms with Gasteiger partial charge in [0, 0.05) is 41.8 Å². The Kier molecular flexibility index (Phi) is 5.57. The molecule has 1 fully saturated rings. The summed E-state index contributed by atoms with van der Waals surface area (Å²) in [6.07, 6.45) is 4.88. The van der Waals surface area contributed by atoms with Crippen molar-refractivity contribution in [1.29, 1.82) is 0 Å². The maximum Gasteiger partial charge on any atom is 0.271 e. The summed E-state index contributed by atoms with van der Waals surface area (Å²) in [6.45, 7) is 0.995. The molecule has 8 heteroatoms. The van der Waals surface area contributed by atoms with Gasteiger partial charge in [0.25, 0.3) is 5.91 Å². The summed E-state index contributed by atoms with van der Waals surface area (Å²) in [6, 6.07) is 12.4. The third kappa shape index (κ3) is 4.46. The molecule has 1 aromatic carbocycles. The molecule has 1 aliphatic heterocycles. The Balaban J connectivity index is 1.41. The van der Waals surface area contributed by atoms with E-state index in [1.165, 1.54) is 0 Å². The lowest BCUT2D eigenvalue weighted by atomic mass is 9.96. The minimum absolute atomic E-state index is 0.0908. The number of piperidine rings is 1. The normalized spacial score (nSPS) is 16.4. The van der Waals surface area contributed by atoms with Gasteiger partial charge >= 0.3 is 0 Å². The molecule has 2 N–H and O–H groups in total. The molecule has 7 nitrogen and oxygen atoms in total. The first-order valence-corrected chi connectivity index (χ1v) is 9.79. The van der Waals surface area contributed by atoms with Gasteiger partial charge in [-0.2, -0.15) is 5.10 Å². The summed E-state index contributed by atoms with van der Waals surface area (Å²) >= 11 is 5.88. The van der Waals surface area contributed by atoms with E-state index in [9.17, 15) is 9.59 Å². The van der Waals surface area contributed by atoms with Crippen LogP contribution >= 0.6 is 11.6 Å². The number of nitrogens with zero attached hydrogens (tertiary/aromatic N) is 3. The van der Waals surface area contributed by atoms with Gasteiger partial charge in [0.2, 0.25) is 5.91 Å². The van der Waals surface area contributed by atoms with Crippen molar-refractivity contribution in [1.82, 2.24) is 20.1 Å². The fourth-order valence-electron chi connectivity index (χ4n) is 3.43. The Morgan fingerprint density at radius 1 is 1.14 bits per heavy atom. The van der Waals surface area contributed by atoms with Crippen molar-refractivity contribution in [2.24, 2.45) is 5.92 Å². The molecule has 4 rings (SSSR count). The quantitative estimate of drug-likeness (QED) is 0.688. The second-order valence-electron chi connectivity index (χ2n) is 6.99. The number of H-pyrrole nitrogens is 1. The van der Waals surface area contributed by atoms with E-state index in [1.54, 1.807) is 47.6 Å². The Hall–Kier alpha value is -3.19. The van der Waals surface area contributed by atoms with Crippen molar-refractivity contribution in [2.75, 3.05) is 18.4 Å². The number of pyridine rings is 1. The van der Waals surface area contributed by atoms with E-state index in [0.717, 1.165) is 18.4 Å². The van der Waals surface area contributed by atoms with Gasteiger partial charge in [-0.1, -0.05) is 11.6 Å². The summed E-state index contributed by atoms with van der Waals surface area (Å²) in [5, 5.41) is 10.6. The molecule has 0 aliphatic carbocycles. The van der Waals surface area contributed by atoms with Gasteiger partial charge in [0.1, 0.15) is 5.69 Å². The lowest BCUT2D eigenvalue weighted by Gasteiger charge is -2.31. The molecule has 2 amide bonds. The van der Waals surface area contributed by atoms with Gasteiger partial charge in [-0.15, -0.1) is 0 Å². The van der Waals surface area contributed by atoms with E-state index in [2.05, 4.69) is 20.5 Å². The highest BCUT2D eigenvalue weighted by atomic mass is 35.5. The van der Waals surface area contributed by atoms with Crippen LogP contribution in [0.3, 0.4) is 0 Å². The molecule has 29 heavy (non-hydrogen) atoms. The average Bonchev–Trinajstić information content (AvgIpc) is 3.26. The minimum Gasteiger partial charge on any atom is -0.337 e. The minimum atomic E-state index is -0.258. The lowest BCUT2D eigenvalue weighted by molar-refractivity contribution is -0.121. The van der Waals surface area contributed by atoms with E-state index in [4.69, 9.17) is 11.6 Å². The first-order valence-electron chi connectivity index (χ1n) is 9.41. The number of aromatic amines is 1. The molecule has 3 aromatic rings. The van der Waals surface area contributed by atoms with E-state index < -0.39 is 0 Å². The molecule has 1 aliphatic rings. The zero-order chi connectivity index (χ0) is 20.2. The molecule has 3 heterocycles. The van der Waals surface area contributed by atoms with Crippen LogP contribution in [0.1, 0.15) is 23.3 Å². The average molecular weight is 410 g/mol. The SMILES string of the molecule is O=C(Nc1ccc(Cl)cc1)C1CCCN(C(=O)c2cc(-c3ccncc3)n[nH]2)C1. The number of nitrogens with one attached hydrogen (secondary N) is 2. The smallest absolute Gasteiger partial charge is 0.271 e. The number of likely N-dealkylation sites (tertiary alicyclic amines) is 1. The number of hydrogen-bond donors (Lipinski definition) is 2. The number of carbonyl (C=O) groups is 2. The van der Waals surface area contributed by atoms with Crippen LogP contribution < -0.4 is 5.32 Å². The Bertz CT molecular complexity index is 1000. The van der Waals surface area contributed by atoms with Gasteiger partial charge in [-0.3, -0.25) is 19.7 Å². The van der Waals surface area contributed by atoms with Gasteiger partial charge in [-0.05, 0) is 55.3 Å². The maximum absolute atomic E-state index is 12.9.